The van der Waals surface area contributed by atoms with Crippen molar-refractivity contribution in [2.75, 3.05) is 18.0 Å². The number of benzene rings is 1. The Labute approximate surface area is 164 Å². The highest BCUT2D eigenvalue weighted by atomic mass is 32.1. The van der Waals surface area contributed by atoms with Crippen molar-refractivity contribution in [3.8, 4) is 5.69 Å². The molecular weight excluding hydrogens is 380 g/mol. The lowest BCUT2D eigenvalue weighted by atomic mass is 10.1. The zero-order valence-corrected chi connectivity index (χ0v) is 16.5. The van der Waals surface area contributed by atoms with E-state index in [-0.39, 0.29) is 5.65 Å². The van der Waals surface area contributed by atoms with Gasteiger partial charge in [-0.25, -0.2) is 14.3 Å². The van der Waals surface area contributed by atoms with Crippen molar-refractivity contribution >= 4 is 32.8 Å². The zero-order chi connectivity index (χ0) is 20.0. The number of carboxylic acid groups (broad SMARTS) is 1. The molecule has 0 atom stereocenters. The van der Waals surface area contributed by atoms with Crippen LogP contribution in [0.1, 0.15) is 24.0 Å². The van der Waals surface area contributed by atoms with Crippen LogP contribution in [0.5, 0.6) is 0 Å². The fourth-order valence-corrected chi connectivity index (χ4v) is 4.59. The lowest BCUT2D eigenvalue weighted by Crippen LogP contribution is -2.40. The van der Waals surface area contributed by atoms with Crippen molar-refractivity contribution in [1.29, 1.82) is 0 Å². The number of anilines is 1. The lowest BCUT2D eigenvalue weighted by Gasteiger charge is -2.13. The number of aryl methyl sites for hydroxylation is 1. The van der Waals surface area contributed by atoms with Crippen molar-refractivity contribution in [1.82, 2.24) is 14.1 Å². The SMILES string of the molecule is Cc1cccc(-n2c(=O)c3sc(N4CCCC4)nc3n(CC(=O)O)c2=O)c1C. The fraction of sp³-hybridized carbons (Fsp3) is 0.368. The van der Waals surface area contributed by atoms with Gasteiger partial charge in [-0.05, 0) is 43.9 Å². The molecular formula is C19H20N4O4S. The molecule has 4 rings (SSSR count). The third-order valence-electron chi connectivity index (χ3n) is 5.16. The summed E-state index contributed by atoms with van der Waals surface area (Å²) in [4.78, 5) is 44.3. The molecule has 1 saturated heterocycles. The van der Waals surface area contributed by atoms with Crippen LogP contribution in [0.15, 0.2) is 27.8 Å². The molecule has 0 aliphatic carbocycles. The highest BCUT2D eigenvalue weighted by molar-refractivity contribution is 7.22. The number of aromatic nitrogens is 3. The second-order valence-electron chi connectivity index (χ2n) is 6.97. The van der Waals surface area contributed by atoms with Crippen LogP contribution in [0.4, 0.5) is 5.13 Å². The van der Waals surface area contributed by atoms with Gasteiger partial charge in [0.25, 0.3) is 5.56 Å². The Morgan fingerprint density at radius 2 is 1.93 bits per heavy atom. The monoisotopic (exact) mass is 400 g/mol. The number of thiazole rings is 1. The Morgan fingerprint density at radius 3 is 2.61 bits per heavy atom. The van der Waals surface area contributed by atoms with Crippen molar-refractivity contribution in [2.45, 2.75) is 33.2 Å². The molecule has 3 heterocycles. The molecule has 2 aromatic heterocycles. The maximum absolute atomic E-state index is 13.2. The minimum Gasteiger partial charge on any atom is -0.480 e. The minimum atomic E-state index is -1.16. The maximum Gasteiger partial charge on any atom is 0.337 e. The zero-order valence-electron chi connectivity index (χ0n) is 15.6. The van der Waals surface area contributed by atoms with E-state index in [1.807, 2.05) is 19.9 Å². The molecule has 1 fully saturated rings. The number of carbonyl (C=O) groups is 1. The first-order valence-corrected chi connectivity index (χ1v) is 9.90. The van der Waals surface area contributed by atoms with Crippen LogP contribution >= 0.6 is 11.3 Å². The summed E-state index contributed by atoms with van der Waals surface area (Å²) in [6.07, 6.45) is 2.09. The van der Waals surface area contributed by atoms with Gasteiger partial charge in [-0.1, -0.05) is 23.5 Å². The first kappa shape index (κ1) is 18.4. The topological polar surface area (TPSA) is 97.4 Å². The van der Waals surface area contributed by atoms with E-state index in [0.717, 1.165) is 46.2 Å². The third kappa shape index (κ3) is 2.91. The predicted octanol–water partition coefficient (Wildman–Crippen LogP) is 1.91. The van der Waals surface area contributed by atoms with E-state index in [1.54, 1.807) is 12.1 Å². The quantitative estimate of drug-likeness (QED) is 0.719. The summed E-state index contributed by atoms with van der Waals surface area (Å²) in [5.74, 6) is -1.16. The van der Waals surface area contributed by atoms with Crippen molar-refractivity contribution < 1.29 is 9.90 Å². The molecule has 1 aliphatic heterocycles. The summed E-state index contributed by atoms with van der Waals surface area (Å²) in [5.41, 5.74) is 1.20. The standard InChI is InChI=1S/C19H20N4O4S/c1-11-6-5-7-13(12(11)2)23-17(26)15-16(22(19(23)27)10-14(24)25)20-18(28-15)21-8-3-4-9-21/h5-7H,3-4,8-10H2,1-2H3,(H,24,25). The van der Waals surface area contributed by atoms with Gasteiger partial charge in [0.1, 0.15) is 11.2 Å². The van der Waals surface area contributed by atoms with E-state index in [1.165, 1.54) is 11.3 Å². The summed E-state index contributed by atoms with van der Waals surface area (Å²) >= 11 is 1.22. The second kappa shape index (κ2) is 6.90. The molecule has 3 aromatic rings. The number of carboxylic acids is 1. The number of hydrogen-bond acceptors (Lipinski definition) is 6. The van der Waals surface area contributed by atoms with Gasteiger partial charge in [-0.3, -0.25) is 14.2 Å². The van der Waals surface area contributed by atoms with Crippen molar-refractivity contribution in [2.24, 2.45) is 0 Å². The van der Waals surface area contributed by atoms with Crippen molar-refractivity contribution in [3.63, 3.8) is 0 Å². The van der Waals surface area contributed by atoms with Gasteiger partial charge in [-0.15, -0.1) is 0 Å². The summed E-state index contributed by atoms with van der Waals surface area (Å²) in [5, 5.41) is 9.97. The Bertz CT molecular complexity index is 1200. The molecule has 9 heteroatoms. The Morgan fingerprint density at radius 1 is 1.21 bits per heavy atom. The van der Waals surface area contributed by atoms with Crippen molar-refractivity contribution in [3.05, 3.63) is 50.2 Å². The van der Waals surface area contributed by atoms with Crippen LogP contribution in [0.25, 0.3) is 16.0 Å². The van der Waals surface area contributed by atoms with Gasteiger partial charge < -0.3 is 10.0 Å². The molecule has 1 aromatic carbocycles. The number of hydrogen-bond donors (Lipinski definition) is 1. The van der Waals surface area contributed by atoms with Crippen LogP contribution in [0.3, 0.4) is 0 Å². The highest BCUT2D eigenvalue weighted by Crippen LogP contribution is 2.29. The normalized spacial score (nSPS) is 14.1. The van der Waals surface area contributed by atoms with E-state index in [4.69, 9.17) is 0 Å². The molecule has 0 saturated carbocycles. The average Bonchev–Trinajstić information content (AvgIpc) is 3.31. The number of aliphatic carboxylic acids is 1. The first-order chi connectivity index (χ1) is 13.4. The van der Waals surface area contributed by atoms with Gasteiger partial charge in [0.05, 0.1) is 5.69 Å². The molecule has 0 bridgehead atoms. The molecule has 1 aliphatic rings. The number of fused-ring (bicyclic) bond motifs is 1. The molecule has 146 valence electrons. The molecule has 28 heavy (non-hydrogen) atoms. The van der Waals surface area contributed by atoms with E-state index in [2.05, 4.69) is 9.88 Å². The molecule has 0 radical (unpaired) electrons. The summed E-state index contributed by atoms with van der Waals surface area (Å²) in [6.45, 7) is 4.87. The van der Waals surface area contributed by atoms with Crippen LogP contribution in [0.2, 0.25) is 0 Å². The van der Waals surface area contributed by atoms with Crippen LogP contribution in [0, 0.1) is 13.8 Å². The van der Waals surface area contributed by atoms with Gasteiger partial charge in [0, 0.05) is 13.1 Å². The summed E-state index contributed by atoms with van der Waals surface area (Å²) in [7, 11) is 0. The van der Waals surface area contributed by atoms with E-state index >= 15 is 0 Å². The predicted molar refractivity (Wildman–Crippen MR) is 108 cm³/mol. The largest absolute Gasteiger partial charge is 0.480 e. The van der Waals surface area contributed by atoms with Crippen LogP contribution < -0.4 is 16.1 Å². The van der Waals surface area contributed by atoms with Gasteiger partial charge >= 0.3 is 11.7 Å². The van der Waals surface area contributed by atoms with E-state index in [0.29, 0.717) is 15.5 Å². The number of nitrogens with zero attached hydrogens (tertiary/aromatic N) is 4. The van der Waals surface area contributed by atoms with Gasteiger partial charge in [0.15, 0.2) is 10.8 Å². The highest BCUT2D eigenvalue weighted by Gasteiger charge is 2.24. The average molecular weight is 400 g/mol. The minimum absolute atomic E-state index is 0.144. The molecule has 0 unspecified atom stereocenters. The Balaban J connectivity index is 2.05. The summed E-state index contributed by atoms with van der Waals surface area (Å²) in [6, 6.07) is 5.37. The number of rotatable bonds is 4. The molecule has 0 spiro atoms. The van der Waals surface area contributed by atoms with E-state index < -0.39 is 23.8 Å². The molecule has 1 N–H and O–H groups in total. The fourth-order valence-electron chi connectivity index (χ4n) is 3.53. The van der Waals surface area contributed by atoms with E-state index in [9.17, 15) is 19.5 Å². The van der Waals surface area contributed by atoms with Gasteiger partial charge in [0.2, 0.25) is 0 Å². The summed E-state index contributed by atoms with van der Waals surface area (Å²) < 4.78 is 2.44. The first-order valence-electron chi connectivity index (χ1n) is 9.08. The molecule has 0 amide bonds. The Kier molecular flexibility index (Phi) is 4.54. The van der Waals surface area contributed by atoms with Crippen LogP contribution in [-0.2, 0) is 11.3 Å². The molecule has 8 nitrogen and oxygen atoms in total. The maximum atomic E-state index is 13.2. The lowest BCUT2D eigenvalue weighted by molar-refractivity contribution is -0.137. The Hall–Kier alpha value is -2.94. The van der Waals surface area contributed by atoms with Gasteiger partial charge in [-0.2, -0.15) is 0 Å². The third-order valence-corrected chi connectivity index (χ3v) is 6.25. The smallest absolute Gasteiger partial charge is 0.337 e. The van der Waals surface area contributed by atoms with Crippen LogP contribution in [-0.4, -0.2) is 38.3 Å². The second-order valence-corrected chi connectivity index (χ2v) is 7.94.